The molecule has 0 radical (unpaired) electrons. The second-order valence-corrected chi connectivity index (χ2v) is 10.9. The number of benzene rings is 2. The molecule has 3 saturated carbocycles. The maximum absolute atomic E-state index is 13.8. The van der Waals surface area contributed by atoms with Crippen molar-refractivity contribution in [3.8, 4) is 6.07 Å². The number of halogens is 2. The van der Waals surface area contributed by atoms with Gasteiger partial charge in [-0.15, -0.1) is 5.53 Å². The number of rotatable bonds is 8. The molecule has 0 bridgehead atoms. The molecule has 1 aromatic heterocycles. The maximum Gasteiger partial charge on any atom is 0.123 e. The van der Waals surface area contributed by atoms with E-state index in [2.05, 4.69) is 32.6 Å². The molecule has 1 atom stereocenters. The van der Waals surface area contributed by atoms with Gasteiger partial charge in [0, 0.05) is 35.1 Å². The molecule has 3 fully saturated rings. The molecule has 37 heavy (non-hydrogen) atoms. The summed E-state index contributed by atoms with van der Waals surface area (Å²) in [5.41, 5.74) is 9.83. The molecule has 0 spiro atoms. The SMILES string of the molecule is [2H][C@](Nc1cc(Cl)c2ncc(C#N)c(NC3(C4CC4)CC3)c2c1)(C1=CN(C2CC2)NN1)c1ccc(F)cc1. The Balaban J connectivity index is 1.32. The molecule has 7 rings (SSSR count). The van der Waals surface area contributed by atoms with Crippen LogP contribution in [0.2, 0.25) is 5.02 Å². The normalized spacial score (nSPS) is 21.9. The topological polar surface area (TPSA) is 88.0 Å². The minimum absolute atomic E-state index is 0.0413. The molecule has 9 heteroatoms. The van der Waals surface area contributed by atoms with E-state index in [0.29, 0.717) is 45.0 Å². The summed E-state index contributed by atoms with van der Waals surface area (Å²) in [6.07, 6.45) is 10.2. The first-order valence-corrected chi connectivity index (χ1v) is 13.1. The number of fused-ring (bicyclic) bond motifs is 1. The highest BCUT2D eigenvalue weighted by Gasteiger charge is 2.54. The van der Waals surface area contributed by atoms with Crippen molar-refractivity contribution in [2.45, 2.75) is 56.1 Å². The van der Waals surface area contributed by atoms with E-state index in [1.54, 1.807) is 24.4 Å². The van der Waals surface area contributed by atoms with Crippen molar-refractivity contribution in [1.82, 2.24) is 21.0 Å². The monoisotopic (exact) mass is 516 g/mol. The fourth-order valence-electron chi connectivity index (χ4n) is 5.27. The summed E-state index contributed by atoms with van der Waals surface area (Å²) in [6.45, 7) is 0. The molecule has 1 aliphatic heterocycles. The van der Waals surface area contributed by atoms with Crippen LogP contribution in [-0.4, -0.2) is 21.6 Å². The van der Waals surface area contributed by atoms with E-state index >= 15 is 0 Å². The van der Waals surface area contributed by atoms with Crippen LogP contribution in [0, 0.1) is 23.1 Å². The summed E-state index contributed by atoms with van der Waals surface area (Å²) < 4.78 is 23.4. The number of hydrazine groups is 2. The van der Waals surface area contributed by atoms with Gasteiger partial charge in [0.15, 0.2) is 0 Å². The second kappa shape index (κ2) is 8.51. The predicted molar refractivity (Wildman–Crippen MR) is 142 cm³/mol. The van der Waals surface area contributed by atoms with Crippen LogP contribution in [-0.2, 0) is 0 Å². The summed E-state index contributed by atoms with van der Waals surface area (Å²) in [6, 6.07) is 10.8. The van der Waals surface area contributed by atoms with Crippen LogP contribution in [0.15, 0.2) is 54.5 Å². The van der Waals surface area contributed by atoms with E-state index < -0.39 is 6.02 Å². The summed E-state index contributed by atoms with van der Waals surface area (Å²) in [7, 11) is 0. The Morgan fingerprint density at radius 1 is 1.22 bits per heavy atom. The standard InChI is InChI=1S/C28H27ClFN7/c29-23-12-20(11-22-25(17(13-31)14-32-27(22)23)34-28(9-10-28)18-3-4-18)33-26(16-1-5-19(30)6-2-16)24-15-37(36-35-24)21-7-8-21/h1-2,5-6,11-12,14-15,18,21,26,33,35-36H,3-4,7-10H2,(H,32,34)/t26-/m1/s1/i26D. The molecule has 0 saturated heterocycles. The van der Waals surface area contributed by atoms with E-state index in [1.165, 1.54) is 25.0 Å². The summed E-state index contributed by atoms with van der Waals surface area (Å²) >= 11 is 6.74. The van der Waals surface area contributed by atoms with Crippen LogP contribution in [0.1, 0.15) is 57.0 Å². The zero-order valence-corrected chi connectivity index (χ0v) is 20.9. The minimum atomic E-state index is -1.49. The van der Waals surface area contributed by atoms with Gasteiger partial charge in [-0.25, -0.2) is 4.39 Å². The van der Waals surface area contributed by atoms with Crippen LogP contribution in [0.25, 0.3) is 10.9 Å². The number of aromatic nitrogens is 1. The van der Waals surface area contributed by atoms with E-state index in [4.69, 9.17) is 11.6 Å². The van der Waals surface area contributed by atoms with Crippen molar-refractivity contribution >= 4 is 33.9 Å². The van der Waals surface area contributed by atoms with Gasteiger partial charge in [-0.2, -0.15) is 5.26 Å². The highest BCUT2D eigenvalue weighted by atomic mass is 35.5. The lowest BCUT2D eigenvalue weighted by molar-refractivity contribution is 0.260. The average molecular weight is 517 g/mol. The maximum atomic E-state index is 13.8. The summed E-state index contributed by atoms with van der Waals surface area (Å²) in [4.78, 5) is 4.49. The zero-order chi connectivity index (χ0) is 26.1. The van der Waals surface area contributed by atoms with Crippen molar-refractivity contribution in [2.75, 3.05) is 10.6 Å². The quantitative estimate of drug-likeness (QED) is 0.304. The van der Waals surface area contributed by atoms with E-state index in [1.807, 2.05) is 17.3 Å². The Labute approximate surface area is 221 Å². The molecule has 2 aromatic carbocycles. The first-order chi connectivity index (χ1) is 18.4. The molecule has 3 aromatic rings. The Morgan fingerprint density at radius 2 is 2.00 bits per heavy atom. The van der Waals surface area contributed by atoms with Crippen LogP contribution >= 0.6 is 11.6 Å². The van der Waals surface area contributed by atoms with Crippen molar-refractivity contribution in [2.24, 2.45) is 5.92 Å². The molecule has 4 aliphatic rings. The number of nitrogens with one attached hydrogen (secondary N) is 4. The minimum Gasteiger partial charge on any atom is -0.378 e. The lowest BCUT2D eigenvalue weighted by Gasteiger charge is -2.23. The molecule has 0 unspecified atom stereocenters. The van der Waals surface area contributed by atoms with E-state index in [-0.39, 0.29) is 11.4 Å². The number of hydrogen-bond acceptors (Lipinski definition) is 7. The van der Waals surface area contributed by atoms with Crippen LogP contribution in [0.4, 0.5) is 15.8 Å². The largest absolute Gasteiger partial charge is 0.378 e. The van der Waals surface area contributed by atoms with Crippen molar-refractivity contribution < 1.29 is 5.76 Å². The summed E-state index contributed by atoms with van der Waals surface area (Å²) in [5, 5.41) is 20.1. The fraction of sp³-hybridized carbons (Fsp3) is 0.357. The Hall–Kier alpha value is -3.54. The van der Waals surface area contributed by atoms with Gasteiger partial charge in [0.05, 0.1) is 34.9 Å². The third-order valence-electron chi connectivity index (χ3n) is 7.77. The van der Waals surface area contributed by atoms with Gasteiger partial charge in [0.25, 0.3) is 0 Å². The molecule has 0 amide bonds. The molecular formula is C28H27ClFN7. The second-order valence-electron chi connectivity index (χ2n) is 10.5. The highest BCUT2D eigenvalue weighted by molar-refractivity contribution is 6.35. The van der Waals surface area contributed by atoms with Crippen molar-refractivity contribution in [1.29, 1.82) is 5.26 Å². The van der Waals surface area contributed by atoms with Gasteiger partial charge in [-0.3, -0.25) is 9.99 Å². The molecule has 3 aliphatic carbocycles. The highest BCUT2D eigenvalue weighted by Crippen LogP contribution is 2.56. The first kappa shape index (κ1) is 21.5. The lowest BCUT2D eigenvalue weighted by atomic mass is 10.0. The number of nitriles is 1. The zero-order valence-electron chi connectivity index (χ0n) is 21.1. The van der Waals surface area contributed by atoms with Crippen LogP contribution in [0.3, 0.4) is 0 Å². The van der Waals surface area contributed by atoms with Gasteiger partial charge in [-0.1, -0.05) is 23.7 Å². The lowest BCUT2D eigenvalue weighted by Crippen LogP contribution is -2.38. The molecule has 2 heterocycles. The first-order valence-electron chi connectivity index (χ1n) is 13.3. The Kier molecular flexibility index (Phi) is 4.95. The smallest absolute Gasteiger partial charge is 0.123 e. The number of anilines is 2. The van der Waals surface area contributed by atoms with E-state index in [9.17, 15) is 11.0 Å². The molecule has 188 valence electrons. The Morgan fingerprint density at radius 3 is 2.68 bits per heavy atom. The van der Waals surface area contributed by atoms with Crippen LogP contribution in [0.5, 0.6) is 0 Å². The van der Waals surface area contributed by atoms with Gasteiger partial charge in [0.1, 0.15) is 11.9 Å². The molecular weight excluding hydrogens is 489 g/mol. The van der Waals surface area contributed by atoms with Gasteiger partial charge < -0.3 is 16.1 Å². The average Bonchev–Trinajstić information content (AvgIpc) is 3.77. The third-order valence-corrected chi connectivity index (χ3v) is 8.05. The number of hydrogen-bond donors (Lipinski definition) is 4. The number of pyridine rings is 1. The van der Waals surface area contributed by atoms with Crippen molar-refractivity contribution in [3.05, 3.63) is 76.5 Å². The van der Waals surface area contributed by atoms with E-state index in [0.717, 1.165) is 36.8 Å². The molecule has 7 nitrogen and oxygen atoms in total. The van der Waals surface area contributed by atoms with Crippen molar-refractivity contribution in [3.63, 3.8) is 0 Å². The predicted octanol–water partition coefficient (Wildman–Crippen LogP) is 5.74. The molecule has 4 N–H and O–H groups in total. The Bertz CT molecular complexity index is 1510. The van der Waals surface area contributed by atoms with Crippen LogP contribution < -0.4 is 21.6 Å². The van der Waals surface area contributed by atoms with Gasteiger partial charge in [-0.05, 0) is 74.3 Å². The number of nitrogens with zero attached hydrogens (tertiary/aromatic N) is 3. The van der Waals surface area contributed by atoms with Gasteiger partial charge in [0.2, 0.25) is 0 Å². The van der Waals surface area contributed by atoms with Gasteiger partial charge >= 0.3 is 0 Å². The third kappa shape index (κ3) is 4.22. The fourth-order valence-corrected chi connectivity index (χ4v) is 5.53. The summed E-state index contributed by atoms with van der Waals surface area (Å²) in [5.74, 6) is 0.266.